The molecule has 2 amide bonds. The molecule has 0 fully saturated rings. The Morgan fingerprint density at radius 3 is 2.77 bits per heavy atom. The Morgan fingerprint density at radius 2 is 2.08 bits per heavy atom. The number of carbonyl (C=O) groups excluding carboxylic acids is 2. The molecule has 0 spiro atoms. The predicted octanol–water partition coefficient (Wildman–Crippen LogP) is 2.86. The van der Waals surface area contributed by atoms with E-state index in [0.29, 0.717) is 17.8 Å². The van der Waals surface area contributed by atoms with E-state index < -0.39 is 0 Å². The van der Waals surface area contributed by atoms with Gasteiger partial charge in [0.15, 0.2) is 5.76 Å². The molecule has 134 valence electrons. The van der Waals surface area contributed by atoms with Crippen LogP contribution in [0, 0.1) is 6.92 Å². The Hall–Kier alpha value is -3.35. The second-order valence-electron chi connectivity index (χ2n) is 6.06. The zero-order valence-electron chi connectivity index (χ0n) is 14.6. The number of aromatic nitrogens is 2. The number of amides is 2. The van der Waals surface area contributed by atoms with Crippen molar-refractivity contribution in [3.63, 3.8) is 0 Å². The molecule has 0 aliphatic heterocycles. The molecule has 26 heavy (non-hydrogen) atoms. The van der Waals surface area contributed by atoms with Crippen molar-refractivity contribution >= 4 is 17.5 Å². The smallest absolute Gasteiger partial charge is 0.291 e. The van der Waals surface area contributed by atoms with E-state index >= 15 is 0 Å². The summed E-state index contributed by atoms with van der Waals surface area (Å²) in [6.45, 7) is 4.35. The molecule has 7 nitrogen and oxygen atoms in total. The van der Waals surface area contributed by atoms with E-state index in [4.69, 9.17) is 4.42 Å². The summed E-state index contributed by atoms with van der Waals surface area (Å²) < 4.78 is 6.85. The van der Waals surface area contributed by atoms with Crippen molar-refractivity contribution in [3.05, 3.63) is 71.9 Å². The van der Waals surface area contributed by atoms with Crippen LogP contribution in [-0.4, -0.2) is 27.6 Å². The van der Waals surface area contributed by atoms with Crippen molar-refractivity contribution in [2.75, 3.05) is 5.32 Å². The van der Waals surface area contributed by atoms with Gasteiger partial charge in [0, 0.05) is 29.7 Å². The van der Waals surface area contributed by atoms with E-state index in [-0.39, 0.29) is 23.6 Å². The third-order valence-electron chi connectivity index (χ3n) is 3.89. The number of carbonyl (C=O) groups is 2. The fourth-order valence-electron chi connectivity index (χ4n) is 2.53. The van der Waals surface area contributed by atoms with Gasteiger partial charge in [-0.25, -0.2) is 0 Å². The van der Waals surface area contributed by atoms with Crippen LogP contribution in [0.1, 0.15) is 33.4 Å². The van der Waals surface area contributed by atoms with Gasteiger partial charge in [0.1, 0.15) is 0 Å². The van der Waals surface area contributed by atoms with Gasteiger partial charge in [-0.3, -0.25) is 14.3 Å². The number of rotatable bonds is 6. The van der Waals surface area contributed by atoms with Gasteiger partial charge in [-0.1, -0.05) is 6.07 Å². The van der Waals surface area contributed by atoms with Gasteiger partial charge in [-0.15, -0.1) is 0 Å². The van der Waals surface area contributed by atoms with Gasteiger partial charge < -0.3 is 15.1 Å². The monoisotopic (exact) mass is 352 g/mol. The van der Waals surface area contributed by atoms with Crippen molar-refractivity contribution in [2.45, 2.75) is 26.4 Å². The van der Waals surface area contributed by atoms with Crippen LogP contribution in [0.2, 0.25) is 0 Å². The van der Waals surface area contributed by atoms with Crippen molar-refractivity contribution in [1.82, 2.24) is 15.1 Å². The molecule has 2 heterocycles. The molecule has 0 bridgehead atoms. The Balaban J connectivity index is 1.68. The zero-order valence-corrected chi connectivity index (χ0v) is 14.6. The van der Waals surface area contributed by atoms with Crippen LogP contribution >= 0.6 is 0 Å². The van der Waals surface area contributed by atoms with Gasteiger partial charge in [0.2, 0.25) is 0 Å². The van der Waals surface area contributed by atoms with Crippen molar-refractivity contribution in [3.8, 4) is 0 Å². The van der Waals surface area contributed by atoms with E-state index in [1.54, 1.807) is 41.2 Å². The van der Waals surface area contributed by atoms with Crippen molar-refractivity contribution in [1.29, 1.82) is 0 Å². The molecule has 0 saturated carbocycles. The molecule has 0 aliphatic carbocycles. The molecular formula is C19H20N4O3. The quantitative estimate of drug-likeness (QED) is 0.714. The van der Waals surface area contributed by atoms with Crippen molar-refractivity contribution < 1.29 is 14.0 Å². The highest BCUT2D eigenvalue weighted by atomic mass is 16.3. The Labute approximate surface area is 151 Å². The second-order valence-corrected chi connectivity index (χ2v) is 6.06. The maximum absolute atomic E-state index is 12.5. The normalized spacial score (nSPS) is 11.8. The SMILES string of the molecule is Cc1ccc(C(=O)N[C@H](C)Cn2cccn2)cc1NC(=O)c1ccco1. The van der Waals surface area contributed by atoms with Gasteiger partial charge in [0.25, 0.3) is 11.8 Å². The highest BCUT2D eigenvalue weighted by Gasteiger charge is 2.14. The van der Waals surface area contributed by atoms with E-state index in [1.165, 1.54) is 6.26 Å². The number of aryl methyl sites for hydroxylation is 1. The molecule has 7 heteroatoms. The minimum absolute atomic E-state index is 0.0927. The number of anilines is 1. The summed E-state index contributed by atoms with van der Waals surface area (Å²) in [5, 5.41) is 9.83. The lowest BCUT2D eigenvalue weighted by atomic mass is 10.1. The first-order chi connectivity index (χ1) is 12.5. The molecule has 0 unspecified atom stereocenters. The second kappa shape index (κ2) is 7.69. The summed E-state index contributed by atoms with van der Waals surface area (Å²) in [7, 11) is 0. The van der Waals surface area contributed by atoms with Gasteiger partial charge in [-0.2, -0.15) is 5.10 Å². The molecule has 1 atom stereocenters. The summed E-state index contributed by atoms with van der Waals surface area (Å²) in [5.74, 6) is -0.354. The number of furan rings is 1. The molecule has 1 aromatic carbocycles. The average molecular weight is 352 g/mol. The van der Waals surface area contributed by atoms with Crippen molar-refractivity contribution in [2.24, 2.45) is 0 Å². The summed E-state index contributed by atoms with van der Waals surface area (Å²) in [6, 6.07) is 10.2. The van der Waals surface area contributed by atoms with E-state index in [0.717, 1.165) is 5.56 Å². The minimum atomic E-state index is -0.359. The van der Waals surface area contributed by atoms with Crippen LogP contribution in [0.25, 0.3) is 0 Å². The minimum Gasteiger partial charge on any atom is -0.459 e. The highest BCUT2D eigenvalue weighted by Crippen LogP contribution is 2.18. The molecule has 2 aromatic heterocycles. The summed E-state index contributed by atoms with van der Waals surface area (Å²) >= 11 is 0. The maximum Gasteiger partial charge on any atom is 0.291 e. The Kier molecular flexibility index (Phi) is 5.17. The van der Waals surface area contributed by atoms with E-state index in [1.807, 2.05) is 26.1 Å². The number of nitrogens with one attached hydrogen (secondary N) is 2. The molecular weight excluding hydrogens is 332 g/mol. The van der Waals surface area contributed by atoms with Gasteiger partial charge in [0.05, 0.1) is 12.8 Å². The van der Waals surface area contributed by atoms with Crippen LogP contribution in [-0.2, 0) is 6.54 Å². The first-order valence-electron chi connectivity index (χ1n) is 8.27. The standard InChI is InChI=1S/C19H20N4O3/c1-13-6-7-15(11-16(13)22-19(25)17-5-3-10-26-17)18(24)21-14(2)12-23-9-4-8-20-23/h3-11,14H,12H2,1-2H3,(H,21,24)(H,22,25)/t14-/m1/s1. The highest BCUT2D eigenvalue weighted by molar-refractivity contribution is 6.03. The maximum atomic E-state index is 12.5. The fourth-order valence-corrected chi connectivity index (χ4v) is 2.53. The first kappa shape index (κ1) is 17.5. The third-order valence-corrected chi connectivity index (χ3v) is 3.89. The number of hydrogen-bond donors (Lipinski definition) is 2. The molecule has 0 radical (unpaired) electrons. The number of nitrogens with zero attached hydrogens (tertiary/aromatic N) is 2. The van der Waals surface area contributed by atoms with Gasteiger partial charge in [-0.05, 0) is 49.7 Å². The van der Waals surface area contributed by atoms with E-state index in [2.05, 4.69) is 15.7 Å². The Bertz CT molecular complexity index is 886. The average Bonchev–Trinajstić information content (AvgIpc) is 3.30. The molecule has 3 rings (SSSR count). The van der Waals surface area contributed by atoms with Crippen LogP contribution in [0.5, 0.6) is 0 Å². The van der Waals surface area contributed by atoms with Gasteiger partial charge >= 0.3 is 0 Å². The summed E-state index contributed by atoms with van der Waals surface area (Å²) in [6.07, 6.45) is 4.98. The predicted molar refractivity (Wildman–Crippen MR) is 97.0 cm³/mol. The first-order valence-corrected chi connectivity index (χ1v) is 8.27. The van der Waals surface area contributed by atoms with E-state index in [9.17, 15) is 9.59 Å². The van der Waals surface area contributed by atoms with Crippen LogP contribution in [0.15, 0.2) is 59.5 Å². The summed E-state index contributed by atoms with van der Waals surface area (Å²) in [4.78, 5) is 24.6. The van der Waals surface area contributed by atoms with Crippen LogP contribution < -0.4 is 10.6 Å². The number of benzene rings is 1. The zero-order chi connectivity index (χ0) is 18.5. The topological polar surface area (TPSA) is 89.2 Å². The number of hydrogen-bond acceptors (Lipinski definition) is 4. The summed E-state index contributed by atoms with van der Waals surface area (Å²) in [5.41, 5.74) is 1.89. The van der Waals surface area contributed by atoms with Crippen LogP contribution in [0.3, 0.4) is 0 Å². The largest absolute Gasteiger partial charge is 0.459 e. The molecule has 2 N–H and O–H groups in total. The molecule has 0 aliphatic rings. The lowest BCUT2D eigenvalue weighted by Gasteiger charge is -2.15. The lowest BCUT2D eigenvalue weighted by molar-refractivity contribution is 0.0934. The fraction of sp³-hybridized carbons (Fsp3) is 0.211. The molecule has 3 aromatic rings. The molecule has 0 saturated heterocycles. The lowest BCUT2D eigenvalue weighted by Crippen LogP contribution is -2.35. The Morgan fingerprint density at radius 1 is 1.23 bits per heavy atom. The third kappa shape index (κ3) is 4.18. The van der Waals surface area contributed by atoms with Crippen LogP contribution in [0.4, 0.5) is 5.69 Å².